The number of ether oxygens (including phenoxy) is 5. The molecule has 388 valence electrons. The summed E-state index contributed by atoms with van der Waals surface area (Å²) in [5.74, 6) is -2.20. The number of hydrogen-bond donors (Lipinski definition) is 5. The van der Waals surface area contributed by atoms with Gasteiger partial charge in [0.2, 0.25) is 11.8 Å². The maximum atomic E-state index is 14.1. The third-order valence-electron chi connectivity index (χ3n) is 12.5. The van der Waals surface area contributed by atoms with Crippen molar-refractivity contribution in [1.82, 2.24) is 20.5 Å². The number of aromatic nitrogens is 1. The second-order valence-corrected chi connectivity index (χ2v) is 17.6. The maximum Gasteiger partial charge on any atom is 0.409 e. The first-order valence-electron chi connectivity index (χ1n) is 24.6. The molecular formula is C54H69FN6O11. The summed E-state index contributed by atoms with van der Waals surface area (Å²) in [7, 11) is 3.27. The number of ketones is 1. The lowest BCUT2D eigenvalue weighted by molar-refractivity contribution is -0.121. The lowest BCUT2D eigenvalue weighted by Crippen LogP contribution is -2.39. The third-order valence-corrected chi connectivity index (χ3v) is 12.5. The Labute approximate surface area is 421 Å². The number of nitrogens with zero attached hydrogens (tertiary/aromatic N) is 1. The number of H-pyrrole nitrogens is 1. The van der Waals surface area contributed by atoms with Crippen LogP contribution in [0.5, 0.6) is 0 Å². The number of fused-ring (bicyclic) bond motifs is 4. The molecular weight excluding hydrogens is 928 g/mol. The molecule has 0 spiro atoms. The minimum Gasteiger partial charge on any atom is -0.448 e. The van der Waals surface area contributed by atoms with Crippen LogP contribution in [0.3, 0.4) is 0 Å². The summed E-state index contributed by atoms with van der Waals surface area (Å²) in [5.41, 5.74) is 7.47. The molecule has 0 saturated heterocycles. The van der Waals surface area contributed by atoms with Crippen molar-refractivity contribution < 1.29 is 58.3 Å². The van der Waals surface area contributed by atoms with Gasteiger partial charge in [0.15, 0.2) is 5.78 Å². The molecule has 2 heterocycles. The standard InChI is InChI=1S/C54H67FN6O11.H2/c1-6-61(23-21-57-53(66)50-34(2)46(58-35(50)3)32-43-42-30-36(55)17-20-45(42)60-52(43)65)54(67)72-33-44-38-12-7-13-40(47(62)14-9-26-70-27-10-24-68-4)51(38)39-19-18-37(31-41(39)44)59-49(64)16-8-15-48(63)56-22-29-71-28-11-25-69-5;/h7,12-13,17-20,30-32,44,58H,6,8-11,14-16,21-29,33H2,1-5H3,(H,56,63)(H,57,66)(H,59,64)(H,60,65);1H/b43-32-;. The summed E-state index contributed by atoms with van der Waals surface area (Å²) in [6, 6.07) is 15.1. The molecule has 0 saturated carbocycles. The van der Waals surface area contributed by atoms with E-state index in [1.807, 2.05) is 24.3 Å². The minimum atomic E-state index is -0.600. The van der Waals surface area contributed by atoms with Crippen LogP contribution in [0.2, 0.25) is 0 Å². The number of benzene rings is 3. The first-order chi connectivity index (χ1) is 34.8. The van der Waals surface area contributed by atoms with Crippen LogP contribution in [-0.4, -0.2) is 132 Å². The Morgan fingerprint density at radius 1 is 0.792 bits per heavy atom. The predicted octanol–water partition coefficient (Wildman–Crippen LogP) is 7.80. The van der Waals surface area contributed by atoms with Gasteiger partial charge in [0.1, 0.15) is 12.4 Å². The van der Waals surface area contributed by atoms with E-state index in [9.17, 15) is 33.2 Å². The molecule has 1 aliphatic carbocycles. The van der Waals surface area contributed by atoms with Crippen LogP contribution in [0.25, 0.3) is 22.8 Å². The fourth-order valence-corrected chi connectivity index (χ4v) is 8.89. The molecule has 5 amide bonds. The van der Waals surface area contributed by atoms with Gasteiger partial charge in [0, 0.05) is 134 Å². The van der Waals surface area contributed by atoms with Gasteiger partial charge in [-0.1, -0.05) is 24.3 Å². The summed E-state index contributed by atoms with van der Waals surface area (Å²) >= 11 is 0. The molecule has 5 N–H and O–H groups in total. The zero-order chi connectivity index (χ0) is 51.6. The Morgan fingerprint density at radius 3 is 2.28 bits per heavy atom. The second kappa shape index (κ2) is 27.2. The van der Waals surface area contributed by atoms with Gasteiger partial charge in [-0.2, -0.15) is 0 Å². The Hall–Kier alpha value is -6.73. The average molecular weight is 997 g/mol. The molecule has 1 unspecified atom stereocenters. The summed E-state index contributed by atoms with van der Waals surface area (Å²) in [5, 5.41) is 11.4. The van der Waals surface area contributed by atoms with Gasteiger partial charge in [-0.15, -0.1) is 0 Å². The topological polar surface area (TPSA) is 216 Å². The van der Waals surface area contributed by atoms with Crippen molar-refractivity contribution >= 4 is 58.5 Å². The number of aromatic amines is 1. The molecule has 1 aliphatic heterocycles. The van der Waals surface area contributed by atoms with E-state index in [1.165, 1.54) is 23.1 Å². The van der Waals surface area contributed by atoms with Gasteiger partial charge in [0.25, 0.3) is 11.8 Å². The van der Waals surface area contributed by atoms with Crippen LogP contribution < -0.4 is 21.3 Å². The van der Waals surface area contributed by atoms with Crippen molar-refractivity contribution in [1.29, 1.82) is 0 Å². The number of amides is 5. The number of methoxy groups -OCH3 is 2. The summed E-state index contributed by atoms with van der Waals surface area (Å²) in [6.45, 7) is 9.24. The van der Waals surface area contributed by atoms with Crippen LogP contribution in [0.1, 0.15) is 114 Å². The number of halogens is 1. The Bertz CT molecular complexity index is 2620. The normalized spacial score (nSPS) is 13.8. The quantitative estimate of drug-likeness (QED) is 0.0201. The molecule has 0 radical (unpaired) electrons. The monoisotopic (exact) mass is 997 g/mol. The highest BCUT2D eigenvalue weighted by atomic mass is 19.1. The van der Waals surface area contributed by atoms with Gasteiger partial charge in [-0.3, -0.25) is 24.0 Å². The van der Waals surface area contributed by atoms with Crippen LogP contribution in [0.4, 0.5) is 20.6 Å². The molecule has 0 bridgehead atoms. The van der Waals surface area contributed by atoms with Crippen LogP contribution in [0.15, 0.2) is 54.6 Å². The molecule has 3 aromatic carbocycles. The van der Waals surface area contributed by atoms with Crippen molar-refractivity contribution in [2.75, 3.05) is 97.3 Å². The molecule has 1 atom stereocenters. The highest BCUT2D eigenvalue weighted by molar-refractivity contribution is 6.35. The summed E-state index contributed by atoms with van der Waals surface area (Å²) in [6.07, 6.45) is 3.98. The first kappa shape index (κ1) is 54.6. The molecule has 6 rings (SSSR count). The number of hydrogen-bond acceptors (Lipinski definition) is 11. The SMILES string of the molecule is CCN(CCNC(=O)c1c(C)[nH]c(/C=C2\C(=O)Nc3ccc(F)cc32)c1C)C(=O)OCC1c2cc(NC(=O)CCCC(=O)NCCOCCCOC)ccc2-c2c(C(=O)CCCOCCCOC)cccc21.[HH]. The fraction of sp³-hybridized carbons (Fsp3) is 0.444. The minimum absolute atomic E-state index is 0. The van der Waals surface area contributed by atoms with Gasteiger partial charge >= 0.3 is 6.09 Å². The summed E-state index contributed by atoms with van der Waals surface area (Å²) in [4.78, 5) is 84.1. The first-order valence-corrected chi connectivity index (χ1v) is 24.6. The Kier molecular flexibility index (Phi) is 20.6. The van der Waals surface area contributed by atoms with E-state index in [0.29, 0.717) is 104 Å². The van der Waals surface area contributed by atoms with E-state index in [0.717, 1.165) is 35.1 Å². The van der Waals surface area contributed by atoms with E-state index in [4.69, 9.17) is 23.7 Å². The van der Waals surface area contributed by atoms with E-state index in [1.54, 1.807) is 53.2 Å². The molecule has 72 heavy (non-hydrogen) atoms. The number of carbonyl (C=O) groups excluding carboxylic acids is 6. The van der Waals surface area contributed by atoms with Crippen LogP contribution in [-0.2, 0) is 38.1 Å². The third kappa shape index (κ3) is 14.5. The number of Topliss-reactive ketones (excluding diaryl/α,β-unsaturated/α-hetero) is 1. The Balaban J connectivity index is 0.00000988. The molecule has 1 aromatic heterocycles. The van der Waals surface area contributed by atoms with Crippen molar-refractivity contribution in [2.24, 2.45) is 0 Å². The molecule has 17 nitrogen and oxygen atoms in total. The van der Waals surface area contributed by atoms with Crippen molar-refractivity contribution in [3.63, 3.8) is 0 Å². The zero-order valence-electron chi connectivity index (χ0n) is 41.9. The second-order valence-electron chi connectivity index (χ2n) is 17.6. The summed E-state index contributed by atoms with van der Waals surface area (Å²) < 4.78 is 41.3. The van der Waals surface area contributed by atoms with E-state index in [2.05, 4.69) is 26.3 Å². The van der Waals surface area contributed by atoms with Gasteiger partial charge < -0.3 is 54.8 Å². The smallest absolute Gasteiger partial charge is 0.409 e. The number of rotatable bonds is 29. The van der Waals surface area contributed by atoms with Crippen molar-refractivity contribution in [2.45, 2.75) is 71.6 Å². The fourth-order valence-electron chi connectivity index (χ4n) is 8.89. The Morgan fingerprint density at radius 2 is 1.53 bits per heavy atom. The lowest BCUT2D eigenvalue weighted by atomic mass is 9.93. The van der Waals surface area contributed by atoms with Crippen LogP contribution in [0, 0.1) is 19.7 Å². The largest absolute Gasteiger partial charge is 0.448 e. The van der Waals surface area contributed by atoms with Gasteiger partial charge in [-0.05, 0) is 111 Å². The number of anilines is 2. The number of aryl methyl sites for hydroxylation is 1. The van der Waals surface area contributed by atoms with Gasteiger partial charge in [-0.25, -0.2) is 9.18 Å². The van der Waals surface area contributed by atoms with E-state index >= 15 is 0 Å². The molecule has 4 aromatic rings. The van der Waals surface area contributed by atoms with E-state index < -0.39 is 17.8 Å². The maximum absolute atomic E-state index is 14.1. The predicted molar refractivity (Wildman–Crippen MR) is 274 cm³/mol. The highest BCUT2D eigenvalue weighted by Gasteiger charge is 2.34. The van der Waals surface area contributed by atoms with Crippen molar-refractivity contribution in [3.8, 4) is 11.1 Å². The molecule has 2 aliphatic rings. The number of carbonyl (C=O) groups is 6. The number of nitrogens with one attached hydrogen (secondary N) is 5. The zero-order valence-corrected chi connectivity index (χ0v) is 41.9. The van der Waals surface area contributed by atoms with Gasteiger partial charge in [0.05, 0.1) is 17.7 Å². The van der Waals surface area contributed by atoms with E-state index in [-0.39, 0.29) is 81.9 Å². The number of likely N-dealkylation sites (N-methyl/N-ethyl adjacent to an activating group) is 1. The van der Waals surface area contributed by atoms with Crippen LogP contribution >= 0.6 is 0 Å². The average Bonchev–Trinajstić information content (AvgIpc) is 3.96. The lowest BCUT2D eigenvalue weighted by Gasteiger charge is -2.22. The van der Waals surface area contributed by atoms with Crippen molar-refractivity contribution in [3.05, 3.63) is 105 Å². The highest BCUT2D eigenvalue weighted by Crippen LogP contribution is 2.48. The molecule has 0 fully saturated rings. The molecule has 18 heteroatoms.